The molecule has 1 aliphatic rings. The number of likely N-dealkylation sites (N-methyl/N-ethyl adjacent to an activating group) is 1. The van der Waals surface area contributed by atoms with Gasteiger partial charge in [-0.3, -0.25) is 4.90 Å². The molecule has 0 aromatic carbocycles. The van der Waals surface area contributed by atoms with Crippen LogP contribution in [-0.4, -0.2) is 48.3 Å². The number of aliphatic hydroxyl groups excluding tert-OH is 1. The minimum atomic E-state index is -0.172. The third kappa shape index (κ3) is 3.35. The Kier molecular flexibility index (Phi) is 4.23. The summed E-state index contributed by atoms with van der Waals surface area (Å²) in [6.07, 6.45) is 5.92. The number of hydrogen-bond acceptors (Lipinski definition) is 3. The summed E-state index contributed by atoms with van der Waals surface area (Å²) < 4.78 is 0. The monoisotopic (exact) mass is 182 g/mol. The molecule has 2 unspecified atom stereocenters. The van der Waals surface area contributed by atoms with E-state index >= 15 is 0 Å². The highest BCUT2D eigenvalue weighted by Crippen LogP contribution is 2.07. The molecule has 1 heterocycles. The molecule has 13 heavy (non-hydrogen) atoms. The first-order chi connectivity index (χ1) is 6.26. The number of terminal acetylenes is 1. The summed E-state index contributed by atoms with van der Waals surface area (Å²) >= 11 is 0. The summed E-state index contributed by atoms with van der Waals surface area (Å²) in [4.78, 5) is 2.20. The Hall–Kier alpha value is -0.560. The molecule has 74 valence electrons. The van der Waals surface area contributed by atoms with Crippen LogP contribution in [-0.2, 0) is 0 Å². The lowest BCUT2D eigenvalue weighted by atomic mass is 10.2. The van der Waals surface area contributed by atoms with Gasteiger partial charge in [0.05, 0.1) is 12.6 Å². The topological polar surface area (TPSA) is 35.5 Å². The summed E-state index contributed by atoms with van der Waals surface area (Å²) in [6, 6.07) is 0.406. The predicted molar refractivity (Wildman–Crippen MR) is 53.4 cm³/mol. The Balaban J connectivity index is 2.26. The zero-order chi connectivity index (χ0) is 9.68. The zero-order valence-electron chi connectivity index (χ0n) is 8.16. The average Bonchev–Trinajstić information content (AvgIpc) is 2.50. The van der Waals surface area contributed by atoms with E-state index in [1.165, 1.54) is 0 Å². The van der Waals surface area contributed by atoms with Gasteiger partial charge in [0.25, 0.3) is 0 Å². The van der Waals surface area contributed by atoms with E-state index in [0.717, 1.165) is 26.1 Å². The molecule has 0 amide bonds. The number of β-amino-alcohol motifs (C(OH)–C–C–N with tert-alkyl or cyclic N) is 1. The zero-order valence-corrected chi connectivity index (χ0v) is 8.16. The Morgan fingerprint density at radius 2 is 2.46 bits per heavy atom. The number of nitrogens with one attached hydrogen (secondary N) is 1. The predicted octanol–water partition coefficient (Wildman–Crippen LogP) is -0.336. The molecule has 0 radical (unpaired) electrons. The van der Waals surface area contributed by atoms with Crippen LogP contribution in [0.1, 0.15) is 13.3 Å². The fourth-order valence-electron chi connectivity index (χ4n) is 1.68. The van der Waals surface area contributed by atoms with Crippen molar-refractivity contribution in [3.8, 4) is 12.3 Å². The molecule has 1 aliphatic heterocycles. The van der Waals surface area contributed by atoms with Gasteiger partial charge in [-0.2, -0.15) is 0 Å². The minimum absolute atomic E-state index is 0.172. The van der Waals surface area contributed by atoms with Crippen molar-refractivity contribution in [3.05, 3.63) is 0 Å². The smallest absolute Gasteiger partial charge is 0.0680 e. The summed E-state index contributed by atoms with van der Waals surface area (Å²) in [5.74, 6) is 2.64. The quantitative estimate of drug-likeness (QED) is 0.584. The van der Waals surface area contributed by atoms with E-state index in [2.05, 4.69) is 23.1 Å². The van der Waals surface area contributed by atoms with Crippen molar-refractivity contribution in [2.75, 3.05) is 26.2 Å². The second kappa shape index (κ2) is 5.23. The standard InChI is InChI=1S/C10H18N2O/c1-3-5-12(4-2)8-9-6-10(13)7-11-9/h1,9-11,13H,4-8H2,2H3. The molecular weight excluding hydrogens is 164 g/mol. The Labute approximate surface area is 80.1 Å². The van der Waals surface area contributed by atoms with Crippen LogP contribution in [0.3, 0.4) is 0 Å². The van der Waals surface area contributed by atoms with Crippen molar-refractivity contribution >= 4 is 0 Å². The molecule has 3 heteroatoms. The van der Waals surface area contributed by atoms with Gasteiger partial charge >= 0.3 is 0 Å². The third-order valence-corrected chi connectivity index (χ3v) is 2.44. The van der Waals surface area contributed by atoms with E-state index in [9.17, 15) is 5.11 Å². The van der Waals surface area contributed by atoms with E-state index in [4.69, 9.17) is 6.42 Å². The molecule has 3 nitrogen and oxygen atoms in total. The van der Waals surface area contributed by atoms with Gasteiger partial charge < -0.3 is 10.4 Å². The molecule has 0 aromatic heterocycles. The highest BCUT2D eigenvalue weighted by atomic mass is 16.3. The van der Waals surface area contributed by atoms with Gasteiger partial charge in [0.15, 0.2) is 0 Å². The Morgan fingerprint density at radius 1 is 1.69 bits per heavy atom. The summed E-state index contributed by atoms with van der Waals surface area (Å²) in [5, 5.41) is 12.6. The first-order valence-corrected chi connectivity index (χ1v) is 4.83. The van der Waals surface area contributed by atoms with Gasteiger partial charge in [-0.05, 0) is 13.0 Å². The average molecular weight is 182 g/mol. The van der Waals surface area contributed by atoms with E-state index in [1.54, 1.807) is 0 Å². The molecule has 2 N–H and O–H groups in total. The van der Waals surface area contributed by atoms with E-state index in [1.807, 2.05) is 0 Å². The van der Waals surface area contributed by atoms with Crippen LogP contribution in [0.25, 0.3) is 0 Å². The lowest BCUT2D eigenvalue weighted by Gasteiger charge is -2.21. The van der Waals surface area contributed by atoms with Gasteiger partial charge in [0.2, 0.25) is 0 Å². The first-order valence-electron chi connectivity index (χ1n) is 4.83. The number of nitrogens with zero attached hydrogens (tertiary/aromatic N) is 1. The third-order valence-electron chi connectivity index (χ3n) is 2.44. The van der Waals surface area contributed by atoms with Crippen LogP contribution in [0, 0.1) is 12.3 Å². The second-order valence-electron chi connectivity index (χ2n) is 3.53. The van der Waals surface area contributed by atoms with E-state index in [-0.39, 0.29) is 6.10 Å². The lowest BCUT2D eigenvalue weighted by Crippen LogP contribution is -2.37. The lowest BCUT2D eigenvalue weighted by molar-refractivity contribution is 0.189. The summed E-state index contributed by atoms with van der Waals surface area (Å²) in [6.45, 7) is 5.43. The largest absolute Gasteiger partial charge is 0.392 e. The van der Waals surface area contributed by atoms with Crippen molar-refractivity contribution in [2.45, 2.75) is 25.5 Å². The normalized spacial score (nSPS) is 27.8. The van der Waals surface area contributed by atoms with Gasteiger partial charge in [-0.1, -0.05) is 12.8 Å². The molecule has 2 atom stereocenters. The maximum absolute atomic E-state index is 9.29. The van der Waals surface area contributed by atoms with Crippen LogP contribution in [0.5, 0.6) is 0 Å². The Morgan fingerprint density at radius 3 is 2.92 bits per heavy atom. The van der Waals surface area contributed by atoms with Crippen molar-refractivity contribution in [1.82, 2.24) is 10.2 Å². The number of hydrogen-bond donors (Lipinski definition) is 2. The van der Waals surface area contributed by atoms with Crippen molar-refractivity contribution in [3.63, 3.8) is 0 Å². The fraction of sp³-hybridized carbons (Fsp3) is 0.800. The van der Waals surface area contributed by atoms with E-state index in [0.29, 0.717) is 12.6 Å². The number of aliphatic hydroxyl groups is 1. The van der Waals surface area contributed by atoms with Crippen LogP contribution in [0.2, 0.25) is 0 Å². The van der Waals surface area contributed by atoms with Gasteiger partial charge in [-0.25, -0.2) is 0 Å². The van der Waals surface area contributed by atoms with Crippen LogP contribution >= 0.6 is 0 Å². The number of rotatable bonds is 4. The van der Waals surface area contributed by atoms with Gasteiger partial charge in [0, 0.05) is 19.1 Å². The summed E-state index contributed by atoms with van der Waals surface area (Å²) in [7, 11) is 0. The van der Waals surface area contributed by atoms with Gasteiger partial charge in [-0.15, -0.1) is 6.42 Å². The fourth-order valence-corrected chi connectivity index (χ4v) is 1.68. The van der Waals surface area contributed by atoms with Crippen molar-refractivity contribution in [2.24, 2.45) is 0 Å². The van der Waals surface area contributed by atoms with Crippen LogP contribution in [0.4, 0.5) is 0 Å². The van der Waals surface area contributed by atoms with Gasteiger partial charge in [0.1, 0.15) is 0 Å². The second-order valence-corrected chi connectivity index (χ2v) is 3.53. The molecule has 0 aliphatic carbocycles. The van der Waals surface area contributed by atoms with Crippen LogP contribution < -0.4 is 5.32 Å². The highest BCUT2D eigenvalue weighted by Gasteiger charge is 2.23. The molecule has 1 fully saturated rings. The highest BCUT2D eigenvalue weighted by molar-refractivity contribution is 4.90. The molecule has 0 bridgehead atoms. The van der Waals surface area contributed by atoms with Crippen molar-refractivity contribution < 1.29 is 5.11 Å². The van der Waals surface area contributed by atoms with E-state index < -0.39 is 0 Å². The molecule has 0 aromatic rings. The first kappa shape index (κ1) is 10.5. The molecule has 1 saturated heterocycles. The summed E-state index contributed by atoms with van der Waals surface area (Å²) in [5.41, 5.74) is 0. The Bertz CT molecular complexity index is 188. The molecular formula is C10H18N2O. The maximum Gasteiger partial charge on any atom is 0.0680 e. The molecule has 0 saturated carbocycles. The minimum Gasteiger partial charge on any atom is -0.392 e. The maximum atomic E-state index is 9.29. The SMILES string of the molecule is C#CCN(CC)CC1CC(O)CN1. The van der Waals surface area contributed by atoms with Crippen molar-refractivity contribution in [1.29, 1.82) is 0 Å². The van der Waals surface area contributed by atoms with Crippen LogP contribution in [0.15, 0.2) is 0 Å². The molecule has 0 spiro atoms. The molecule has 1 rings (SSSR count).